The van der Waals surface area contributed by atoms with Crippen LogP contribution in [0.1, 0.15) is 5.56 Å². The predicted octanol–water partition coefficient (Wildman–Crippen LogP) is 4.76. The van der Waals surface area contributed by atoms with Crippen LogP contribution in [-0.4, -0.2) is 5.76 Å². The standard InChI is InChI=1S/C14H9F3N2S/c15-10-7-9(8-18)5-6-11(10)19-12-3-1-2-4-13(12)20-14(16)17/h1-7,14,19H. The van der Waals surface area contributed by atoms with Crippen molar-refractivity contribution >= 4 is 23.1 Å². The molecule has 0 heterocycles. The first-order valence-corrected chi connectivity index (χ1v) is 6.48. The first kappa shape index (κ1) is 14.3. The quantitative estimate of drug-likeness (QED) is 0.826. The van der Waals surface area contributed by atoms with Gasteiger partial charge >= 0.3 is 0 Å². The smallest absolute Gasteiger partial charge is 0.288 e. The van der Waals surface area contributed by atoms with E-state index in [1.165, 1.54) is 18.2 Å². The van der Waals surface area contributed by atoms with E-state index >= 15 is 0 Å². The zero-order valence-corrected chi connectivity index (χ0v) is 10.9. The Morgan fingerprint density at radius 3 is 2.50 bits per heavy atom. The van der Waals surface area contributed by atoms with E-state index in [-0.39, 0.29) is 11.3 Å². The lowest BCUT2D eigenvalue weighted by atomic mass is 10.2. The second kappa shape index (κ2) is 6.35. The predicted molar refractivity (Wildman–Crippen MR) is 72.7 cm³/mol. The Bertz CT molecular complexity index is 653. The van der Waals surface area contributed by atoms with Gasteiger partial charge in [0.15, 0.2) is 0 Å². The molecule has 0 aliphatic rings. The average Bonchev–Trinajstić information content (AvgIpc) is 2.42. The first-order valence-electron chi connectivity index (χ1n) is 5.60. The highest BCUT2D eigenvalue weighted by atomic mass is 32.2. The van der Waals surface area contributed by atoms with Gasteiger partial charge < -0.3 is 5.32 Å². The summed E-state index contributed by atoms with van der Waals surface area (Å²) in [6, 6.07) is 12.2. The molecule has 0 spiro atoms. The summed E-state index contributed by atoms with van der Waals surface area (Å²) in [6.07, 6.45) is 0. The van der Waals surface area contributed by atoms with Crippen molar-refractivity contribution in [3.05, 3.63) is 53.8 Å². The summed E-state index contributed by atoms with van der Waals surface area (Å²) in [6.45, 7) is 0. The van der Waals surface area contributed by atoms with Crippen molar-refractivity contribution in [1.82, 2.24) is 0 Å². The third-order valence-electron chi connectivity index (χ3n) is 2.47. The Morgan fingerprint density at radius 2 is 1.85 bits per heavy atom. The number of para-hydroxylation sites is 1. The molecule has 0 atom stereocenters. The maximum atomic E-state index is 13.7. The number of nitrogens with zero attached hydrogens (tertiary/aromatic N) is 1. The zero-order valence-electron chi connectivity index (χ0n) is 10.1. The van der Waals surface area contributed by atoms with Gasteiger partial charge in [0.1, 0.15) is 5.82 Å². The van der Waals surface area contributed by atoms with Crippen molar-refractivity contribution in [2.24, 2.45) is 0 Å². The molecular formula is C14H9F3N2S. The topological polar surface area (TPSA) is 35.8 Å². The minimum Gasteiger partial charge on any atom is -0.352 e. The number of thioether (sulfide) groups is 1. The van der Waals surface area contributed by atoms with Crippen LogP contribution >= 0.6 is 11.8 Å². The Balaban J connectivity index is 2.28. The van der Waals surface area contributed by atoms with Gasteiger partial charge in [0.2, 0.25) is 0 Å². The van der Waals surface area contributed by atoms with E-state index in [0.717, 1.165) is 6.07 Å². The van der Waals surface area contributed by atoms with E-state index in [9.17, 15) is 13.2 Å². The molecular weight excluding hydrogens is 285 g/mol. The summed E-state index contributed by atoms with van der Waals surface area (Å²) in [4.78, 5) is 0.325. The van der Waals surface area contributed by atoms with Crippen LogP contribution in [0.3, 0.4) is 0 Å². The molecule has 0 unspecified atom stereocenters. The third kappa shape index (κ3) is 3.45. The van der Waals surface area contributed by atoms with Gasteiger partial charge in [-0.15, -0.1) is 0 Å². The lowest BCUT2D eigenvalue weighted by Gasteiger charge is -2.12. The van der Waals surface area contributed by atoms with E-state index in [4.69, 9.17) is 5.26 Å². The van der Waals surface area contributed by atoms with Crippen LogP contribution in [0.25, 0.3) is 0 Å². The van der Waals surface area contributed by atoms with E-state index in [2.05, 4.69) is 5.32 Å². The maximum Gasteiger partial charge on any atom is 0.288 e. The Kier molecular flexibility index (Phi) is 4.53. The van der Waals surface area contributed by atoms with E-state index < -0.39 is 11.6 Å². The SMILES string of the molecule is N#Cc1ccc(Nc2ccccc2SC(F)F)c(F)c1. The van der Waals surface area contributed by atoms with Gasteiger partial charge in [0, 0.05) is 4.90 Å². The fraction of sp³-hybridized carbons (Fsp3) is 0.0714. The minimum absolute atomic E-state index is 0.131. The molecule has 0 aliphatic heterocycles. The summed E-state index contributed by atoms with van der Waals surface area (Å²) in [5.41, 5.74) is 0.719. The number of benzene rings is 2. The van der Waals surface area contributed by atoms with E-state index in [0.29, 0.717) is 22.3 Å². The van der Waals surface area contributed by atoms with Gasteiger partial charge in [-0.05, 0) is 30.3 Å². The van der Waals surface area contributed by atoms with Gasteiger partial charge in [0.05, 0.1) is 23.0 Å². The average molecular weight is 294 g/mol. The van der Waals surface area contributed by atoms with Gasteiger partial charge in [-0.3, -0.25) is 0 Å². The molecule has 0 fully saturated rings. The summed E-state index contributed by atoms with van der Waals surface area (Å²) in [5, 5.41) is 11.4. The molecule has 0 saturated heterocycles. The van der Waals surface area contributed by atoms with Gasteiger partial charge in [0.25, 0.3) is 5.76 Å². The zero-order chi connectivity index (χ0) is 14.5. The summed E-state index contributed by atoms with van der Waals surface area (Å²) < 4.78 is 38.6. The number of alkyl halides is 2. The number of hydrogen-bond acceptors (Lipinski definition) is 3. The second-order valence-corrected chi connectivity index (χ2v) is 4.84. The number of nitriles is 1. The molecule has 0 aliphatic carbocycles. The van der Waals surface area contributed by atoms with Crippen molar-refractivity contribution in [2.75, 3.05) is 5.32 Å². The molecule has 2 aromatic rings. The van der Waals surface area contributed by atoms with Crippen LogP contribution in [0, 0.1) is 17.1 Å². The first-order chi connectivity index (χ1) is 9.60. The van der Waals surface area contributed by atoms with Crippen LogP contribution in [0.4, 0.5) is 24.5 Å². The van der Waals surface area contributed by atoms with Gasteiger partial charge in [-0.25, -0.2) is 4.39 Å². The third-order valence-corrected chi connectivity index (χ3v) is 3.26. The molecule has 6 heteroatoms. The monoisotopic (exact) mass is 294 g/mol. The fourth-order valence-electron chi connectivity index (χ4n) is 1.60. The second-order valence-electron chi connectivity index (χ2n) is 3.81. The summed E-state index contributed by atoms with van der Waals surface area (Å²) >= 11 is 0.387. The van der Waals surface area contributed by atoms with Crippen LogP contribution in [0.15, 0.2) is 47.4 Å². The van der Waals surface area contributed by atoms with Crippen LogP contribution in [0.5, 0.6) is 0 Å². The normalized spacial score (nSPS) is 10.3. The van der Waals surface area contributed by atoms with Crippen molar-refractivity contribution in [3.8, 4) is 6.07 Å². The minimum atomic E-state index is -2.55. The summed E-state index contributed by atoms with van der Waals surface area (Å²) in [7, 11) is 0. The molecule has 1 N–H and O–H groups in total. The molecule has 0 bridgehead atoms. The molecule has 2 aromatic carbocycles. The number of rotatable bonds is 4. The van der Waals surface area contributed by atoms with E-state index in [1.807, 2.05) is 6.07 Å². The highest BCUT2D eigenvalue weighted by Gasteiger charge is 2.11. The molecule has 0 radical (unpaired) electrons. The Morgan fingerprint density at radius 1 is 1.10 bits per heavy atom. The van der Waals surface area contributed by atoms with E-state index in [1.54, 1.807) is 18.2 Å². The number of nitrogens with one attached hydrogen (secondary N) is 1. The molecule has 0 amide bonds. The number of halogens is 3. The Hall–Kier alpha value is -2.13. The van der Waals surface area contributed by atoms with Gasteiger partial charge in [-0.2, -0.15) is 14.0 Å². The number of hydrogen-bond donors (Lipinski definition) is 1. The van der Waals surface area contributed by atoms with Gasteiger partial charge in [-0.1, -0.05) is 23.9 Å². The van der Waals surface area contributed by atoms with Crippen molar-refractivity contribution in [2.45, 2.75) is 10.7 Å². The van der Waals surface area contributed by atoms with Crippen LogP contribution in [0.2, 0.25) is 0 Å². The highest BCUT2D eigenvalue weighted by molar-refractivity contribution is 7.99. The van der Waals surface area contributed by atoms with Crippen molar-refractivity contribution in [3.63, 3.8) is 0 Å². The molecule has 0 aromatic heterocycles. The molecule has 102 valence electrons. The lowest BCUT2D eigenvalue weighted by Crippen LogP contribution is -1.96. The van der Waals surface area contributed by atoms with Crippen molar-refractivity contribution < 1.29 is 13.2 Å². The molecule has 2 rings (SSSR count). The maximum absolute atomic E-state index is 13.7. The number of anilines is 2. The molecule has 0 saturated carbocycles. The highest BCUT2D eigenvalue weighted by Crippen LogP contribution is 2.33. The summed E-state index contributed by atoms with van der Waals surface area (Å²) in [5.74, 6) is -3.16. The van der Waals surface area contributed by atoms with Crippen LogP contribution in [-0.2, 0) is 0 Å². The molecule has 20 heavy (non-hydrogen) atoms. The molecule has 2 nitrogen and oxygen atoms in total. The Labute approximate surface area is 118 Å². The van der Waals surface area contributed by atoms with Crippen molar-refractivity contribution in [1.29, 1.82) is 5.26 Å². The lowest BCUT2D eigenvalue weighted by molar-refractivity contribution is 0.252. The van der Waals surface area contributed by atoms with Crippen LogP contribution < -0.4 is 5.32 Å². The largest absolute Gasteiger partial charge is 0.352 e. The fourth-order valence-corrected chi connectivity index (χ4v) is 2.19.